The molecule has 0 aliphatic carbocycles. The van der Waals surface area contributed by atoms with E-state index in [1.54, 1.807) is 22.7 Å². The van der Waals surface area contributed by atoms with E-state index in [0.717, 1.165) is 28.2 Å². The number of ether oxygens (including phenoxy) is 1. The lowest BCUT2D eigenvalue weighted by molar-refractivity contribution is 0.270. The van der Waals surface area contributed by atoms with Crippen molar-refractivity contribution in [2.24, 2.45) is 5.10 Å². The number of hydrogen-bond acceptors (Lipinski definition) is 6. The van der Waals surface area contributed by atoms with Crippen molar-refractivity contribution in [3.8, 4) is 5.75 Å². The van der Waals surface area contributed by atoms with Gasteiger partial charge in [0, 0.05) is 0 Å². The summed E-state index contributed by atoms with van der Waals surface area (Å²) in [5.41, 5.74) is 0. The quantitative estimate of drug-likeness (QED) is 0.483. The number of furan rings is 1. The molecule has 0 atom stereocenters. The summed E-state index contributed by atoms with van der Waals surface area (Å²) in [5.74, 6) is 3.85. The Labute approximate surface area is 144 Å². The summed E-state index contributed by atoms with van der Waals surface area (Å²) in [7, 11) is 0. The van der Waals surface area contributed by atoms with Crippen LogP contribution in [0.4, 0.5) is 0 Å². The van der Waals surface area contributed by atoms with E-state index in [0.29, 0.717) is 12.4 Å². The van der Waals surface area contributed by atoms with Gasteiger partial charge in [0.15, 0.2) is 5.82 Å². The highest BCUT2D eigenvalue weighted by Gasteiger charge is 2.07. The van der Waals surface area contributed by atoms with Crippen molar-refractivity contribution in [3.63, 3.8) is 0 Å². The minimum Gasteiger partial charge on any atom is -0.486 e. The van der Waals surface area contributed by atoms with Crippen LogP contribution in [0, 0.1) is 6.92 Å². The van der Waals surface area contributed by atoms with Crippen molar-refractivity contribution in [2.75, 3.05) is 5.75 Å². The Morgan fingerprint density at radius 3 is 2.83 bits per heavy atom. The fourth-order valence-electron chi connectivity index (χ4n) is 2.02. The van der Waals surface area contributed by atoms with Crippen LogP contribution in [0.2, 0.25) is 0 Å². The van der Waals surface area contributed by atoms with E-state index in [1.165, 1.54) is 0 Å². The van der Waals surface area contributed by atoms with Gasteiger partial charge in [0.05, 0.1) is 6.21 Å². The molecule has 0 amide bonds. The monoisotopic (exact) mass is 342 g/mol. The first-order valence-corrected chi connectivity index (χ1v) is 8.60. The minimum atomic E-state index is 0.375. The van der Waals surface area contributed by atoms with Gasteiger partial charge in [-0.1, -0.05) is 36.9 Å². The van der Waals surface area contributed by atoms with Crippen molar-refractivity contribution in [1.29, 1.82) is 0 Å². The van der Waals surface area contributed by atoms with Crippen molar-refractivity contribution in [3.05, 3.63) is 59.8 Å². The Morgan fingerprint density at radius 1 is 1.21 bits per heavy atom. The molecule has 3 rings (SSSR count). The normalized spacial score (nSPS) is 11.2. The van der Waals surface area contributed by atoms with Crippen LogP contribution in [0.15, 0.2) is 57.1 Å². The molecular formula is C17H18N4O2S. The third-order valence-electron chi connectivity index (χ3n) is 3.15. The lowest BCUT2D eigenvalue weighted by atomic mass is 10.3. The van der Waals surface area contributed by atoms with Crippen LogP contribution in [-0.2, 0) is 6.61 Å². The van der Waals surface area contributed by atoms with Crippen LogP contribution in [0.1, 0.15) is 24.3 Å². The molecule has 0 unspecified atom stereocenters. The van der Waals surface area contributed by atoms with Crippen LogP contribution >= 0.6 is 11.8 Å². The number of para-hydroxylation sites is 1. The predicted molar refractivity (Wildman–Crippen MR) is 93.6 cm³/mol. The van der Waals surface area contributed by atoms with E-state index in [1.807, 2.05) is 49.4 Å². The van der Waals surface area contributed by atoms with Gasteiger partial charge in [-0.25, -0.2) is 0 Å². The zero-order valence-corrected chi connectivity index (χ0v) is 14.4. The van der Waals surface area contributed by atoms with Crippen LogP contribution in [-0.4, -0.2) is 26.8 Å². The average Bonchev–Trinajstić information content (AvgIpc) is 3.20. The summed E-state index contributed by atoms with van der Waals surface area (Å²) in [5, 5.41) is 13.3. The molecule has 0 aliphatic heterocycles. The standard InChI is InChI=1S/C17H18N4O2S/c1-3-24-17-20-19-13(2)21(17)18-11-15-9-10-16(23-15)12-22-14-7-5-4-6-8-14/h4-11H,3,12H2,1-2H3. The maximum atomic E-state index is 5.71. The molecule has 1 aromatic carbocycles. The fraction of sp³-hybridized carbons (Fsp3) is 0.235. The average molecular weight is 342 g/mol. The molecule has 6 nitrogen and oxygen atoms in total. The number of rotatable bonds is 7. The smallest absolute Gasteiger partial charge is 0.212 e. The van der Waals surface area contributed by atoms with Gasteiger partial charge in [-0.3, -0.25) is 0 Å². The lowest BCUT2D eigenvalue weighted by Gasteiger charge is -2.02. The van der Waals surface area contributed by atoms with Crippen molar-refractivity contribution < 1.29 is 9.15 Å². The lowest BCUT2D eigenvalue weighted by Crippen LogP contribution is -1.96. The van der Waals surface area contributed by atoms with E-state index < -0.39 is 0 Å². The molecule has 3 aromatic rings. The maximum absolute atomic E-state index is 5.71. The molecule has 0 bridgehead atoms. The third-order valence-corrected chi connectivity index (χ3v) is 3.95. The molecule has 2 aromatic heterocycles. The second kappa shape index (κ2) is 7.83. The third kappa shape index (κ3) is 4.05. The van der Waals surface area contributed by atoms with Crippen molar-refractivity contribution in [1.82, 2.24) is 14.9 Å². The Morgan fingerprint density at radius 2 is 2.04 bits per heavy atom. The summed E-state index contributed by atoms with van der Waals surface area (Å²) >= 11 is 1.59. The largest absolute Gasteiger partial charge is 0.486 e. The first kappa shape index (κ1) is 16.3. The fourth-order valence-corrected chi connectivity index (χ4v) is 2.68. The molecule has 24 heavy (non-hydrogen) atoms. The molecule has 0 spiro atoms. The number of aromatic nitrogens is 3. The van der Waals surface area contributed by atoms with Gasteiger partial charge in [-0.15, -0.1) is 10.2 Å². The second-order valence-electron chi connectivity index (χ2n) is 4.92. The molecule has 0 aliphatic rings. The zero-order chi connectivity index (χ0) is 16.8. The van der Waals surface area contributed by atoms with Crippen molar-refractivity contribution in [2.45, 2.75) is 25.6 Å². The molecule has 124 valence electrons. The first-order chi connectivity index (χ1) is 11.8. The second-order valence-corrected chi connectivity index (χ2v) is 6.16. The number of benzene rings is 1. The van der Waals surface area contributed by atoms with E-state index in [2.05, 4.69) is 22.2 Å². The van der Waals surface area contributed by atoms with Gasteiger partial charge in [0.1, 0.15) is 23.9 Å². The Bertz CT molecular complexity index is 811. The molecular weight excluding hydrogens is 324 g/mol. The molecule has 0 fully saturated rings. The number of nitrogens with zero attached hydrogens (tertiary/aromatic N) is 4. The molecule has 0 radical (unpaired) electrons. The molecule has 0 N–H and O–H groups in total. The summed E-state index contributed by atoms with van der Waals surface area (Å²) in [4.78, 5) is 0. The van der Waals surface area contributed by atoms with Crippen LogP contribution < -0.4 is 4.74 Å². The molecule has 2 heterocycles. The summed E-state index contributed by atoms with van der Waals surface area (Å²) in [6.07, 6.45) is 1.65. The highest BCUT2D eigenvalue weighted by molar-refractivity contribution is 7.99. The van der Waals surface area contributed by atoms with E-state index in [-0.39, 0.29) is 0 Å². The highest BCUT2D eigenvalue weighted by Crippen LogP contribution is 2.16. The van der Waals surface area contributed by atoms with Gasteiger partial charge in [0.25, 0.3) is 0 Å². The molecule has 7 heteroatoms. The summed E-state index contributed by atoms with van der Waals surface area (Å²) in [6, 6.07) is 13.4. The van der Waals surface area contributed by atoms with Crippen LogP contribution in [0.3, 0.4) is 0 Å². The summed E-state index contributed by atoms with van der Waals surface area (Å²) in [6.45, 7) is 4.31. The summed E-state index contributed by atoms with van der Waals surface area (Å²) < 4.78 is 13.1. The number of thioether (sulfide) groups is 1. The molecule has 0 saturated carbocycles. The van der Waals surface area contributed by atoms with Gasteiger partial charge < -0.3 is 9.15 Å². The van der Waals surface area contributed by atoms with E-state index >= 15 is 0 Å². The van der Waals surface area contributed by atoms with Crippen LogP contribution in [0.25, 0.3) is 0 Å². The highest BCUT2D eigenvalue weighted by atomic mass is 32.2. The van der Waals surface area contributed by atoms with Gasteiger partial charge >= 0.3 is 0 Å². The van der Waals surface area contributed by atoms with E-state index in [4.69, 9.17) is 9.15 Å². The zero-order valence-electron chi connectivity index (χ0n) is 13.5. The van der Waals surface area contributed by atoms with Crippen molar-refractivity contribution >= 4 is 18.0 Å². The van der Waals surface area contributed by atoms with Gasteiger partial charge in [-0.05, 0) is 36.9 Å². The maximum Gasteiger partial charge on any atom is 0.212 e. The number of aryl methyl sites for hydroxylation is 1. The molecule has 0 saturated heterocycles. The van der Waals surface area contributed by atoms with Gasteiger partial charge in [0.2, 0.25) is 5.16 Å². The first-order valence-electron chi connectivity index (χ1n) is 7.62. The topological polar surface area (TPSA) is 65.4 Å². The van der Waals surface area contributed by atoms with E-state index in [9.17, 15) is 0 Å². The Hall–Kier alpha value is -2.54. The van der Waals surface area contributed by atoms with Crippen LogP contribution in [0.5, 0.6) is 5.75 Å². The Kier molecular flexibility index (Phi) is 5.32. The Balaban J connectivity index is 1.64. The number of hydrogen-bond donors (Lipinski definition) is 0. The van der Waals surface area contributed by atoms with Gasteiger partial charge in [-0.2, -0.15) is 9.78 Å². The SMILES string of the molecule is CCSc1nnc(C)n1N=Cc1ccc(COc2ccccc2)o1. The minimum absolute atomic E-state index is 0.375. The predicted octanol–water partition coefficient (Wildman–Crippen LogP) is 3.75.